The molecule has 86 valence electrons. The predicted octanol–water partition coefficient (Wildman–Crippen LogP) is 1.31. The van der Waals surface area contributed by atoms with Crippen LogP contribution in [0.2, 0.25) is 0 Å². The van der Waals surface area contributed by atoms with Crippen LogP contribution in [0, 0.1) is 0 Å². The van der Waals surface area contributed by atoms with Gasteiger partial charge in [-0.2, -0.15) is 0 Å². The molecule has 16 heavy (non-hydrogen) atoms. The molecule has 3 N–H and O–H groups in total. The van der Waals surface area contributed by atoms with Crippen molar-refractivity contribution >= 4 is 23.0 Å². The van der Waals surface area contributed by atoms with E-state index in [1.807, 2.05) is 18.2 Å². The average molecular weight is 237 g/mol. The summed E-state index contributed by atoms with van der Waals surface area (Å²) in [4.78, 5) is 4.66. The van der Waals surface area contributed by atoms with Crippen LogP contribution in [0.15, 0.2) is 18.2 Å². The van der Waals surface area contributed by atoms with Crippen molar-refractivity contribution in [2.75, 3.05) is 18.5 Å². The minimum Gasteiger partial charge on any atom is -0.388 e. The van der Waals surface area contributed by atoms with Crippen molar-refractivity contribution in [2.24, 2.45) is 5.73 Å². The Morgan fingerprint density at radius 2 is 2.44 bits per heavy atom. The number of anilines is 1. The highest BCUT2D eigenvalue weighted by Crippen LogP contribution is 2.12. The number of nitrogens with one attached hydrogen (secondary N) is 1. The van der Waals surface area contributed by atoms with Gasteiger partial charge in [0, 0.05) is 6.61 Å². The zero-order chi connectivity index (χ0) is 11.4. The molecule has 1 unspecified atom stereocenters. The molecule has 4 nitrogen and oxygen atoms in total. The highest BCUT2D eigenvalue weighted by atomic mass is 32.1. The van der Waals surface area contributed by atoms with Gasteiger partial charge in [-0.05, 0) is 25.0 Å². The van der Waals surface area contributed by atoms with Gasteiger partial charge in [-0.25, -0.2) is 4.98 Å². The van der Waals surface area contributed by atoms with Crippen LogP contribution in [-0.2, 0) is 4.74 Å². The fourth-order valence-electron chi connectivity index (χ4n) is 1.72. The molecule has 1 atom stereocenters. The molecule has 1 fully saturated rings. The number of rotatable bonds is 3. The van der Waals surface area contributed by atoms with Crippen molar-refractivity contribution in [1.29, 1.82) is 0 Å². The van der Waals surface area contributed by atoms with E-state index in [0.29, 0.717) is 16.7 Å². The monoisotopic (exact) mass is 237 g/mol. The predicted molar refractivity (Wildman–Crippen MR) is 67.6 cm³/mol. The van der Waals surface area contributed by atoms with Gasteiger partial charge in [0.2, 0.25) is 0 Å². The maximum Gasteiger partial charge on any atom is 0.127 e. The lowest BCUT2D eigenvalue weighted by Crippen LogP contribution is -2.30. The number of hydrogen-bond donors (Lipinski definition) is 2. The summed E-state index contributed by atoms with van der Waals surface area (Å²) in [6, 6.07) is 5.96. The van der Waals surface area contributed by atoms with E-state index < -0.39 is 0 Å². The Bertz CT molecular complexity index is 377. The van der Waals surface area contributed by atoms with E-state index in [-0.39, 0.29) is 0 Å². The quantitative estimate of drug-likeness (QED) is 0.776. The normalized spacial score (nSPS) is 20.4. The second-order valence-corrected chi connectivity index (χ2v) is 4.27. The molecule has 0 aliphatic carbocycles. The Labute approximate surface area is 100 Å². The first kappa shape index (κ1) is 11.3. The van der Waals surface area contributed by atoms with E-state index in [1.165, 1.54) is 0 Å². The molecule has 5 heteroatoms. The highest BCUT2D eigenvalue weighted by molar-refractivity contribution is 7.80. The SMILES string of the molecule is NC(=S)c1cccc(NC2CCCOC2)n1. The zero-order valence-electron chi connectivity index (χ0n) is 8.98. The van der Waals surface area contributed by atoms with Crippen molar-refractivity contribution in [1.82, 2.24) is 4.98 Å². The first-order valence-corrected chi connectivity index (χ1v) is 5.77. The Kier molecular flexibility index (Phi) is 3.69. The van der Waals surface area contributed by atoms with Gasteiger partial charge in [-0.1, -0.05) is 18.3 Å². The number of pyridine rings is 1. The maximum absolute atomic E-state index is 5.53. The van der Waals surface area contributed by atoms with E-state index >= 15 is 0 Å². The third-order valence-corrected chi connectivity index (χ3v) is 2.72. The van der Waals surface area contributed by atoms with Gasteiger partial charge in [0.1, 0.15) is 10.8 Å². The van der Waals surface area contributed by atoms with E-state index in [2.05, 4.69) is 10.3 Å². The molecule has 1 aromatic rings. The van der Waals surface area contributed by atoms with E-state index in [0.717, 1.165) is 31.9 Å². The molecule has 2 heterocycles. The van der Waals surface area contributed by atoms with Gasteiger partial charge in [0.05, 0.1) is 18.3 Å². The molecule has 0 spiro atoms. The lowest BCUT2D eigenvalue weighted by Gasteiger charge is -2.23. The van der Waals surface area contributed by atoms with Crippen molar-refractivity contribution in [3.63, 3.8) is 0 Å². The summed E-state index contributed by atoms with van der Waals surface area (Å²) in [5.74, 6) is 0.806. The van der Waals surface area contributed by atoms with Crippen LogP contribution in [0.25, 0.3) is 0 Å². The molecule has 1 aliphatic rings. The second kappa shape index (κ2) is 5.23. The molecule has 0 saturated carbocycles. The standard InChI is InChI=1S/C11H15N3OS/c12-11(16)9-4-1-5-10(14-9)13-8-3-2-6-15-7-8/h1,4-5,8H,2-3,6-7H2,(H2,12,16)(H,13,14). The van der Waals surface area contributed by atoms with Gasteiger partial charge < -0.3 is 15.8 Å². The van der Waals surface area contributed by atoms with Gasteiger partial charge in [-0.3, -0.25) is 0 Å². The fourth-order valence-corrected chi connectivity index (χ4v) is 1.83. The van der Waals surface area contributed by atoms with Gasteiger partial charge in [0.15, 0.2) is 0 Å². The number of hydrogen-bond acceptors (Lipinski definition) is 4. The number of nitrogens with two attached hydrogens (primary N) is 1. The number of thiocarbonyl (C=S) groups is 1. The fraction of sp³-hybridized carbons (Fsp3) is 0.455. The topological polar surface area (TPSA) is 60.2 Å². The third-order valence-electron chi connectivity index (χ3n) is 2.51. The number of nitrogens with zero attached hydrogens (tertiary/aromatic N) is 1. The van der Waals surface area contributed by atoms with Crippen LogP contribution in [0.4, 0.5) is 5.82 Å². The largest absolute Gasteiger partial charge is 0.388 e. The summed E-state index contributed by atoms with van der Waals surface area (Å²) in [6.45, 7) is 1.59. The van der Waals surface area contributed by atoms with Crippen LogP contribution < -0.4 is 11.1 Å². The summed E-state index contributed by atoms with van der Waals surface area (Å²) in [6.07, 6.45) is 2.20. The minimum atomic E-state index is 0.323. The Morgan fingerprint density at radius 3 is 3.12 bits per heavy atom. The summed E-state index contributed by atoms with van der Waals surface area (Å²) in [7, 11) is 0. The Balaban J connectivity index is 2.02. The average Bonchev–Trinajstić information content (AvgIpc) is 2.30. The molecule has 0 radical (unpaired) electrons. The van der Waals surface area contributed by atoms with E-state index in [9.17, 15) is 0 Å². The lowest BCUT2D eigenvalue weighted by molar-refractivity contribution is 0.0875. The smallest absolute Gasteiger partial charge is 0.127 e. The summed E-state index contributed by atoms with van der Waals surface area (Å²) in [5, 5.41) is 3.32. The van der Waals surface area contributed by atoms with Crippen LogP contribution in [0.3, 0.4) is 0 Å². The molecule has 1 aliphatic heterocycles. The highest BCUT2D eigenvalue weighted by Gasteiger charge is 2.13. The molecule has 1 saturated heterocycles. The molecule has 2 rings (SSSR count). The molecule has 1 aromatic heterocycles. The molecular weight excluding hydrogens is 222 g/mol. The third kappa shape index (κ3) is 2.90. The maximum atomic E-state index is 5.53. The van der Waals surface area contributed by atoms with Gasteiger partial charge in [-0.15, -0.1) is 0 Å². The second-order valence-electron chi connectivity index (χ2n) is 3.83. The van der Waals surface area contributed by atoms with Crippen molar-refractivity contribution < 1.29 is 4.74 Å². The van der Waals surface area contributed by atoms with Crippen LogP contribution >= 0.6 is 12.2 Å². The van der Waals surface area contributed by atoms with Crippen LogP contribution in [0.1, 0.15) is 18.5 Å². The summed E-state index contributed by atoms with van der Waals surface area (Å²) < 4.78 is 5.39. The van der Waals surface area contributed by atoms with Crippen molar-refractivity contribution in [3.05, 3.63) is 23.9 Å². The summed E-state index contributed by atoms with van der Waals surface area (Å²) in [5.41, 5.74) is 6.18. The van der Waals surface area contributed by atoms with E-state index in [1.54, 1.807) is 0 Å². The molecular formula is C11H15N3OS. The van der Waals surface area contributed by atoms with Crippen molar-refractivity contribution in [3.8, 4) is 0 Å². The zero-order valence-corrected chi connectivity index (χ0v) is 9.80. The minimum absolute atomic E-state index is 0.323. The van der Waals surface area contributed by atoms with Crippen LogP contribution in [-0.4, -0.2) is 29.2 Å². The molecule has 0 amide bonds. The first-order chi connectivity index (χ1) is 7.75. The molecule has 0 aromatic carbocycles. The van der Waals surface area contributed by atoms with Gasteiger partial charge in [0.25, 0.3) is 0 Å². The number of ether oxygens (including phenoxy) is 1. The van der Waals surface area contributed by atoms with Crippen LogP contribution in [0.5, 0.6) is 0 Å². The van der Waals surface area contributed by atoms with Gasteiger partial charge >= 0.3 is 0 Å². The lowest BCUT2D eigenvalue weighted by atomic mass is 10.1. The molecule has 0 bridgehead atoms. The number of aromatic nitrogens is 1. The first-order valence-electron chi connectivity index (χ1n) is 5.37. The summed E-state index contributed by atoms with van der Waals surface area (Å²) >= 11 is 4.89. The Morgan fingerprint density at radius 1 is 1.56 bits per heavy atom. The Hall–Kier alpha value is -1.20. The van der Waals surface area contributed by atoms with Crippen molar-refractivity contribution in [2.45, 2.75) is 18.9 Å². The van der Waals surface area contributed by atoms with E-state index in [4.69, 9.17) is 22.7 Å².